The van der Waals surface area contributed by atoms with E-state index < -0.39 is 10.0 Å². The maximum Gasteiger partial charge on any atom is 0.243 e. The Hall–Kier alpha value is -1.91. The van der Waals surface area contributed by atoms with Crippen molar-refractivity contribution in [2.24, 2.45) is 0 Å². The smallest absolute Gasteiger partial charge is 0.243 e. The van der Waals surface area contributed by atoms with E-state index in [1.54, 1.807) is 16.4 Å². The first-order valence-electron chi connectivity index (χ1n) is 10.1. The molecule has 8 nitrogen and oxygen atoms in total. The van der Waals surface area contributed by atoms with Gasteiger partial charge in [0.2, 0.25) is 15.2 Å². The number of hydrogen-bond donors (Lipinski definition) is 1. The molecule has 29 heavy (non-hydrogen) atoms. The normalized spacial score (nSPS) is 15.9. The van der Waals surface area contributed by atoms with Gasteiger partial charge in [-0.1, -0.05) is 25.1 Å². The highest BCUT2D eigenvalue weighted by atomic mass is 32.2. The number of fused-ring (bicyclic) bond motifs is 1. The summed E-state index contributed by atoms with van der Waals surface area (Å²) in [6, 6.07) is 5.29. The third-order valence-electron chi connectivity index (χ3n) is 5.24. The van der Waals surface area contributed by atoms with Crippen molar-refractivity contribution in [2.75, 3.05) is 13.1 Å². The maximum absolute atomic E-state index is 13.0. The summed E-state index contributed by atoms with van der Waals surface area (Å²) < 4.78 is 29.7. The molecule has 0 saturated carbocycles. The van der Waals surface area contributed by atoms with Crippen molar-refractivity contribution < 1.29 is 8.42 Å². The molecule has 1 aromatic carbocycles. The van der Waals surface area contributed by atoms with Gasteiger partial charge in [0.15, 0.2) is 0 Å². The molecule has 0 unspecified atom stereocenters. The molecule has 156 valence electrons. The van der Waals surface area contributed by atoms with Crippen LogP contribution in [0.3, 0.4) is 0 Å². The minimum Gasteiger partial charge on any atom is -0.328 e. The number of hydrogen-bond acceptors (Lipinski definition) is 6. The molecule has 0 aliphatic carbocycles. The summed E-state index contributed by atoms with van der Waals surface area (Å²) in [6.45, 7) is 6.06. The quantitative estimate of drug-likeness (QED) is 0.574. The van der Waals surface area contributed by atoms with Gasteiger partial charge in [-0.2, -0.15) is 4.31 Å². The third-order valence-corrected chi connectivity index (χ3v) is 7.98. The summed E-state index contributed by atoms with van der Waals surface area (Å²) in [4.78, 5) is 9.49. The second-order valence-corrected chi connectivity index (χ2v) is 9.97. The minimum atomic E-state index is -3.46. The molecule has 0 spiro atoms. The Morgan fingerprint density at radius 1 is 1.14 bits per heavy atom. The molecular weight excluding hydrogens is 408 g/mol. The Morgan fingerprint density at radius 2 is 1.93 bits per heavy atom. The highest BCUT2D eigenvalue weighted by Gasteiger charge is 2.26. The molecule has 1 fully saturated rings. The molecule has 3 aromatic rings. The standard InChI is InChI=1S/C19H26N6O2S2/c1-3-17-21-19(23-22-17)28-13-18-20-15-12-14(8-9-16(15)25(18)4-2)29(26,27)24-10-6-5-7-11-24/h8-9,12H,3-7,10-11,13H2,1-2H3,(H,21,22,23). The van der Waals surface area contributed by atoms with Gasteiger partial charge in [-0.15, -0.1) is 5.10 Å². The van der Waals surface area contributed by atoms with Crippen LogP contribution in [0.1, 0.15) is 44.8 Å². The van der Waals surface area contributed by atoms with E-state index in [1.165, 1.54) is 11.8 Å². The number of nitrogens with zero attached hydrogens (tertiary/aromatic N) is 5. The van der Waals surface area contributed by atoms with Crippen LogP contribution in [0.25, 0.3) is 11.0 Å². The van der Waals surface area contributed by atoms with Gasteiger partial charge < -0.3 is 4.57 Å². The van der Waals surface area contributed by atoms with E-state index in [4.69, 9.17) is 4.98 Å². The molecular formula is C19H26N6O2S2. The molecule has 3 heterocycles. The average Bonchev–Trinajstić information content (AvgIpc) is 3.35. The van der Waals surface area contributed by atoms with Crippen LogP contribution in [0, 0.1) is 0 Å². The summed E-state index contributed by atoms with van der Waals surface area (Å²) >= 11 is 1.52. The van der Waals surface area contributed by atoms with Gasteiger partial charge in [0.05, 0.1) is 21.7 Å². The lowest BCUT2D eigenvalue weighted by molar-refractivity contribution is 0.346. The predicted molar refractivity (Wildman–Crippen MR) is 113 cm³/mol. The van der Waals surface area contributed by atoms with Crippen LogP contribution in [0.2, 0.25) is 0 Å². The number of sulfonamides is 1. The molecule has 2 aromatic heterocycles. The number of nitrogens with one attached hydrogen (secondary N) is 1. The molecule has 1 aliphatic heterocycles. The van der Waals surface area contributed by atoms with Crippen LogP contribution in [0.4, 0.5) is 0 Å². The summed E-state index contributed by atoms with van der Waals surface area (Å²) in [5, 5.41) is 7.84. The summed E-state index contributed by atoms with van der Waals surface area (Å²) in [5.74, 6) is 2.38. The summed E-state index contributed by atoms with van der Waals surface area (Å²) in [6.07, 6.45) is 3.76. The monoisotopic (exact) mass is 434 g/mol. The van der Waals surface area contributed by atoms with E-state index in [0.29, 0.717) is 34.4 Å². The Kier molecular flexibility index (Phi) is 5.93. The van der Waals surface area contributed by atoms with Crippen molar-refractivity contribution in [1.29, 1.82) is 0 Å². The number of benzene rings is 1. The van der Waals surface area contributed by atoms with E-state index in [2.05, 4.69) is 26.7 Å². The Balaban J connectivity index is 1.61. The zero-order valence-corrected chi connectivity index (χ0v) is 18.4. The molecule has 4 rings (SSSR count). The summed E-state index contributed by atoms with van der Waals surface area (Å²) in [5.41, 5.74) is 1.66. The lowest BCUT2D eigenvalue weighted by atomic mass is 10.2. The Labute approximate surface area is 175 Å². The first-order chi connectivity index (χ1) is 14.0. The fourth-order valence-electron chi connectivity index (χ4n) is 3.67. The van der Waals surface area contributed by atoms with Gasteiger partial charge in [0.25, 0.3) is 0 Å². The second-order valence-electron chi connectivity index (χ2n) is 7.09. The van der Waals surface area contributed by atoms with Crippen molar-refractivity contribution in [2.45, 2.75) is 61.9 Å². The minimum absolute atomic E-state index is 0.327. The number of aromatic nitrogens is 5. The van der Waals surface area contributed by atoms with Gasteiger partial charge in [0, 0.05) is 26.1 Å². The third kappa shape index (κ3) is 4.06. The van der Waals surface area contributed by atoms with Crippen molar-refractivity contribution in [3.05, 3.63) is 29.8 Å². The lowest BCUT2D eigenvalue weighted by Crippen LogP contribution is -2.35. The van der Waals surface area contributed by atoms with Crippen molar-refractivity contribution >= 4 is 32.8 Å². The largest absolute Gasteiger partial charge is 0.328 e. The predicted octanol–water partition coefficient (Wildman–Crippen LogP) is 3.20. The first-order valence-corrected chi connectivity index (χ1v) is 12.5. The number of piperidine rings is 1. The molecule has 1 N–H and O–H groups in total. The van der Waals surface area contributed by atoms with E-state index in [0.717, 1.165) is 49.4 Å². The fourth-order valence-corrected chi connectivity index (χ4v) is 5.97. The van der Waals surface area contributed by atoms with Crippen LogP contribution < -0.4 is 0 Å². The van der Waals surface area contributed by atoms with Gasteiger partial charge >= 0.3 is 0 Å². The number of rotatable bonds is 7. The highest BCUT2D eigenvalue weighted by Crippen LogP contribution is 2.27. The van der Waals surface area contributed by atoms with Crippen LogP contribution in [-0.2, 0) is 28.7 Å². The Bertz CT molecular complexity index is 1100. The maximum atomic E-state index is 13.0. The summed E-state index contributed by atoms with van der Waals surface area (Å²) in [7, 11) is -3.46. The van der Waals surface area contributed by atoms with Gasteiger partial charge in [-0.3, -0.25) is 5.10 Å². The molecule has 0 amide bonds. The van der Waals surface area contributed by atoms with Gasteiger partial charge in [-0.25, -0.2) is 18.4 Å². The zero-order valence-electron chi connectivity index (χ0n) is 16.8. The topological polar surface area (TPSA) is 96.8 Å². The van der Waals surface area contributed by atoms with Gasteiger partial charge in [0.1, 0.15) is 11.6 Å². The highest BCUT2D eigenvalue weighted by molar-refractivity contribution is 7.98. The number of aryl methyl sites for hydroxylation is 2. The van der Waals surface area contributed by atoms with Gasteiger partial charge in [-0.05, 0) is 38.0 Å². The lowest BCUT2D eigenvalue weighted by Gasteiger charge is -2.25. The van der Waals surface area contributed by atoms with Crippen LogP contribution in [-0.4, -0.2) is 50.5 Å². The van der Waals surface area contributed by atoms with Crippen LogP contribution in [0.5, 0.6) is 0 Å². The molecule has 0 bridgehead atoms. The number of aromatic amines is 1. The molecule has 0 atom stereocenters. The number of H-pyrrole nitrogens is 1. The second kappa shape index (κ2) is 8.45. The van der Waals surface area contributed by atoms with E-state index in [1.807, 2.05) is 13.0 Å². The molecule has 1 aliphatic rings. The van der Waals surface area contributed by atoms with E-state index in [-0.39, 0.29) is 0 Å². The zero-order chi connectivity index (χ0) is 20.4. The van der Waals surface area contributed by atoms with Crippen molar-refractivity contribution in [3.8, 4) is 0 Å². The first kappa shape index (κ1) is 20.4. The van der Waals surface area contributed by atoms with Crippen molar-refractivity contribution in [3.63, 3.8) is 0 Å². The van der Waals surface area contributed by atoms with Crippen molar-refractivity contribution in [1.82, 2.24) is 29.0 Å². The fraction of sp³-hybridized carbons (Fsp3) is 0.526. The SMILES string of the molecule is CCc1nc(SCc2nc3cc(S(=O)(=O)N4CCCCC4)ccc3n2CC)n[nH]1. The van der Waals surface area contributed by atoms with E-state index in [9.17, 15) is 8.42 Å². The molecule has 10 heteroatoms. The van der Waals surface area contributed by atoms with Crippen LogP contribution in [0.15, 0.2) is 28.3 Å². The average molecular weight is 435 g/mol. The molecule has 0 radical (unpaired) electrons. The van der Waals surface area contributed by atoms with Crippen LogP contribution >= 0.6 is 11.8 Å². The molecule has 1 saturated heterocycles. The number of thioether (sulfide) groups is 1. The Morgan fingerprint density at radius 3 is 2.62 bits per heavy atom. The number of imidazole rings is 1. The van der Waals surface area contributed by atoms with E-state index >= 15 is 0 Å².